The SMILES string of the molecule is C=CC(=O)NCOCC1OC2C(O)C(O)C1OCCCCCCCCCCCCCCCCCCCCCC(S)(CC)C1OC(CO)C(OC2(CC)CCC)C(O)C1O. The number of hydrogen-bond donors (Lipinski definition) is 7. The van der Waals surface area contributed by atoms with E-state index in [-0.39, 0.29) is 13.3 Å². The Kier molecular flexibility index (Phi) is 25.6. The normalized spacial score (nSPS) is 37.7. The minimum atomic E-state index is -1.45. The Morgan fingerprint density at radius 3 is 1.69 bits per heavy atom. The molecule has 0 aromatic heterocycles. The molecule has 0 aliphatic carbocycles. The van der Waals surface area contributed by atoms with E-state index in [0.717, 1.165) is 44.6 Å². The summed E-state index contributed by atoms with van der Waals surface area (Å²) < 4.78 is 31.2. The Bertz CT molecular complexity index is 1140. The van der Waals surface area contributed by atoms with Crippen molar-refractivity contribution in [1.29, 1.82) is 0 Å². The molecule has 5 saturated heterocycles. The molecule has 12 unspecified atom stereocenters. The average molecular weight is 860 g/mol. The summed E-state index contributed by atoms with van der Waals surface area (Å²) in [6.07, 6.45) is 14.8. The average Bonchev–Trinajstić information content (AvgIpc) is 3.24. The summed E-state index contributed by atoms with van der Waals surface area (Å²) in [5, 5.41) is 60.4. The number of aliphatic hydroxyl groups is 5. The first-order chi connectivity index (χ1) is 28.5. The van der Waals surface area contributed by atoms with Crippen LogP contribution in [0.2, 0.25) is 0 Å². The van der Waals surface area contributed by atoms with E-state index in [1.807, 2.05) is 20.8 Å². The maximum atomic E-state index is 11.8. The molecule has 12 nitrogen and oxygen atoms in total. The van der Waals surface area contributed by atoms with Crippen molar-refractivity contribution in [1.82, 2.24) is 5.32 Å². The minimum Gasteiger partial charge on any atom is -0.394 e. The predicted molar refractivity (Wildman–Crippen MR) is 234 cm³/mol. The molecule has 5 aliphatic rings. The lowest BCUT2D eigenvalue weighted by Gasteiger charge is -2.54. The van der Waals surface area contributed by atoms with E-state index in [0.29, 0.717) is 38.7 Å². The molecule has 12 atom stereocenters. The van der Waals surface area contributed by atoms with Gasteiger partial charge < -0.3 is 54.5 Å². The van der Waals surface area contributed by atoms with Crippen molar-refractivity contribution in [2.75, 3.05) is 26.6 Å². The highest BCUT2D eigenvalue weighted by Crippen LogP contribution is 2.43. The van der Waals surface area contributed by atoms with Crippen LogP contribution in [0.3, 0.4) is 0 Å². The molecule has 59 heavy (non-hydrogen) atoms. The molecular formula is C46H85NO11S. The van der Waals surface area contributed by atoms with Crippen LogP contribution < -0.4 is 5.32 Å². The summed E-state index contributed by atoms with van der Waals surface area (Å²) in [7, 11) is 0. The second-order valence-electron chi connectivity index (χ2n) is 17.6. The number of nitrogens with one attached hydrogen (secondary N) is 1. The fourth-order valence-electron chi connectivity index (χ4n) is 9.46. The standard InChI is InChI=1S/C46H85NO11S/c1-5-28-45(7-3)43-39(52)37(50)41(35(57-43)32-54-33-47-36(49)6-2)55-30-27-25-23-21-19-17-15-13-11-9-10-12-14-16-18-20-22-24-26-29-46(59,8-4)44-40(53)38(51)42(58-45)34(31-48)56-44/h6,34-35,37-44,48,50-53,59H,2,5,7-33H2,1,3-4H3,(H,47,49). The number of carbonyl (C=O) groups excluding carboxylic acids is 1. The first kappa shape index (κ1) is 52.5. The summed E-state index contributed by atoms with van der Waals surface area (Å²) >= 11 is 5.09. The van der Waals surface area contributed by atoms with Crippen molar-refractivity contribution in [2.24, 2.45) is 0 Å². The number of carbonyl (C=O) groups is 1. The van der Waals surface area contributed by atoms with Gasteiger partial charge in [0.25, 0.3) is 0 Å². The summed E-state index contributed by atoms with van der Waals surface area (Å²) in [5.74, 6) is -0.400. The van der Waals surface area contributed by atoms with Crippen LogP contribution in [0.15, 0.2) is 12.7 Å². The summed E-state index contributed by atoms with van der Waals surface area (Å²) in [6.45, 7) is 9.01. The van der Waals surface area contributed by atoms with Gasteiger partial charge in [-0.05, 0) is 38.2 Å². The van der Waals surface area contributed by atoms with Crippen LogP contribution in [0, 0.1) is 0 Å². The zero-order chi connectivity index (χ0) is 43.1. The van der Waals surface area contributed by atoms with Gasteiger partial charge in [-0.3, -0.25) is 4.79 Å². The molecule has 0 aromatic carbocycles. The first-order valence-electron chi connectivity index (χ1n) is 23.7. The quantitative estimate of drug-likeness (QED) is 0.0530. The second-order valence-corrected chi connectivity index (χ2v) is 18.5. The zero-order valence-electron chi connectivity index (χ0n) is 37.0. The molecule has 0 aromatic rings. The summed E-state index contributed by atoms with van der Waals surface area (Å²) in [6, 6.07) is 0. The molecule has 0 saturated carbocycles. The van der Waals surface area contributed by atoms with Crippen molar-refractivity contribution >= 4 is 18.5 Å². The lowest BCUT2D eigenvalue weighted by Crippen LogP contribution is -2.70. The molecule has 5 aliphatic heterocycles. The van der Waals surface area contributed by atoms with Gasteiger partial charge in [0.05, 0.1) is 18.8 Å². The van der Waals surface area contributed by atoms with E-state index in [1.54, 1.807) is 0 Å². The first-order valence-corrected chi connectivity index (χ1v) is 24.1. The third-order valence-electron chi connectivity index (χ3n) is 13.2. The van der Waals surface area contributed by atoms with Gasteiger partial charge in [0.15, 0.2) is 0 Å². The minimum absolute atomic E-state index is 0.0653. The molecule has 5 fully saturated rings. The van der Waals surface area contributed by atoms with Crippen molar-refractivity contribution in [2.45, 2.75) is 246 Å². The number of rotatable bonds is 10. The summed E-state index contributed by atoms with van der Waals surface area (Å²) in [5.41, 5.74) is -1.29. The molecule has 5 rings (SSSR count). The Balaban J connectivity index is 1.84. The number of fused-ring (bicyclic) bond motifs is 2. The van der Waals surface area contributed by atoms with Crippen molar-refractivity contribution < 1.29 is 54.0 Å². The fraction of sp³-hybridized carbons (Fsp3) is 0.935. The van der Waals surface area contributed by atoms with E-state index < -0.39 is 83.9 Å². The highest BCUT2D eigenvalue weighted by atomic mass is 32.1. The lowest BCUT2D eigenvalue weighted by atomic mass is 9.79. The molecule has 346 valence electrons. The maximum absolute atomic E-state index is 11.8. The second kappa shape index (κ2) is 28.8. The molecular weight excluding hydrogens is 775 g/mol. The fourth-order valence-corrected chi connectivity index (χ4v) is 9.83. The number of amides is 1. The zero-order valence-corrected chi connectivity index (χ0v) is 37.9. The third kappa shape index (κ3) is 16.3. The van der Waals surface area contributed by atoms with Crippen LogP contribution >= 0.6 is 12.6 Å². The smallest absolute Gasteiger partial charge is 0.245 e. The topological polar surface area (TPSA) is 176 Å². The number of aliphatic hydroxyl groups excluding tert-OH is 5. The molecule has 13 heteroatoms. The number of hydrogen-bond acceptors (Lipinski definition) is 12. The molecule has 1 amide bonds. The highest BCUT2D eigenvalue weighted by molar-refractivity contribution is 7.81. The van der Waals surface area contributed by atoms with Crippen LogP contribution in [0.25, 0.3) is 0 Å². The van der Waals surface area contributed by atoms with E-state index in [1.165, 1.54) is 83.5 Å². The Hall–Kier alpha value is -0.840. The van der Waals surface area contributed by atoms with Crippen molar-refractivity contribution in [3.63, 3.8) is 0 Å². The van der Waals surface area contributed by atoms with E-state index in [2.05, 4.69) is 11.9 Å². The predicted octanol–water partition coefficient (Wildman–Crippen LogP) is 6.85. The number of thiol groups is 1. The Labute approximate surface area is 362 Å². The Morgan fingerprint density at radius 2 is 1.20 bits per heavy atom. The van der Waals surface area contributed by atoms with Gasteiger partial charge in [-0.15, -0.1) is 0 Å². The summed E-state index contributed by atoms with van der Waals surface area (Å²) in [4.78, 5) is 11.8. The maximum Gasteiger partial charge on any atom is 0.245 e. The van der Waals surface area contributed by atoms with Gasteiger partial charge in [-0.2, -0.15) is 12.6 Å². The molecule has 6 N–H and O–H groups in total. The highest BCUT2D eigenvalue weighted by Gasteiger charge is 2.58. The van der Waals surface area contributed by atoms with Gasteiger partial charge in [0.1, 0.15) is 67.8 Å². The van der Waals surface area contributed by atoms with E-state index in [4.69, 9.17) is 36.3 Å². The van der Waals surface area contributed by atoms with Crippen LogP contribution in [-0.4, -0.2) is 129 Å². The molecule has 0 radical (unpaired) electrons. The Morgan fingerprint density at radius 1 is 0.712 bits per heavy atom. The largest absolute Gasteiger partial charge is 0.394 e. The van der Waals surface area contributed by atoms with Crippen LogP contribution in [0.1, 0.15) is 175 Å². The third-order valence-corrected chi connectivity index (χ3v) is 14.0. The number of ether oxygens (including phenoxy) is 5. The van der Waals surface area contributed by atoms with E-state index in [9.17, 15) is 30.3 Å². The monoisotopic (exact) mass is 860 g/mol. The van der Waals surface area contributed by atoms with Gasteiger partial charge in [0.2, 0.25) is 5.91 Å². The molecule has 4 bridgehead atoms. The van der Waals surface area contributed by atoms with Gasteiger partial charge in [-0.25, -0.2) is 0 Å². The van der Waals surface area contributed by atoms with Crippen LogP contribution in [0.5, 0.6) is 0 Å². The van der Waals surface area contributed by atoms with Crippen LogP contribution in [-0.2, 0) is 28.5 Å². The van der Waals surface area contributed by atoms with Gasteiger partial charge >= 0.3 is 0 Å². The molecule has 0 spiro atoms. The van der Waals surface area contributed by atoms with Crippen LogP contribution in [0.4, 0.5) is 0 Å². The van der Waals surface area contributed by atoms with E-state index >= 15 is 0 Å². The lowest BCUT2D eigenvalue weighted by molar-refractivity contribution is -0.323. The molecule has 5 heterocycles. The van der Waals surface area contributed by atoms with Gasteiger partial charge in [-0.1, -0.05) is 149 Å². The van der Waals surface area contributed by atoms with Crippen molar-refractivity contribution in [3.8, 4) is 0 Å². The van der Waals surface area contributed by atoms with Crippen molar-refractivity contribution in [3.05, 3.63) is 12.7 Å². The van der Waals surface area contributed by atoms with Gasteiger partial charge in [0, 0.05) is 11.4 Å².